The summed E-state index contributed by atoms with van der Waals surface area (Å²) in [7, 11) is 0. The molecule has 1 aliphatic carbocycles. The molecule has 2 saturated heterocycles. The van der Waals surface area contributed by atoms with Gasteiger partial charge in [0, 0.05) is 60.1 Å². The maximum absolute atomic E-state index is 13.7. The summed E-state index contributed by atoms with van der Waals surface area (Å²) in [6, 6.07) is 13.8. The minimum Gasteiger partial charge on any atom is -0.379 e. The zero-order chi connectivity index (χ0) is 24.0. The summed E-state index contributed by atoms with van der Waals surface area (Å²) < 4.78 is 5.59. The number of nitrogens with one attached hydrogen (secondary N) is 2. The minimum atomic E-state index is -0.117. The van der Waals surface area contributed by atoms with E-state index in [1.807, 2.05) is 25.1 Å². The van der Waals surface area contributed by atoms with Crippen LogP contribution >= 0.6 is 0 Å². The molecule has 1 saturated carbocycles. The first kappa shape index (κ1) is 22.3. The molecule has 1 amide bonds. The number of H-pyrrole nitrogens is 1. The van der Waals surface area contributed by atoms with Crippen molar-refractivity contribution in [3.63, 3.8) is 0 Å². The van der Waals surface area contributed by atoms with Crippen LogP contribution in [0.2, 0.25) is 0 Å². The first-order valence-corrected chi connectivity index (χ1v) is 12.7. The molecule has 3 aliphatic rings. The Labute approximate surface area is 205 Å². The lowest BCUT2D eigenvalue weighted by Crippen LogP contribution is -2.43. The fourth-order valence-corrected chi connectivity index (χ4v) is 5.84. The van der Waals surface area contributed by atoms with Gasteiger partial charge in [-0.25, -0.2) is 0 Å². The van der Waals surface area contributed by atoms with Crippen LogP contribution in [-0.4, -0.2) is 55.2 Å². The second-order valence-electron chi connectivity index (χ2n) is 10.1. The van der Waals surface area contributed by atoms with E-state index >= 15 is 0 Å². The average Bonchev–Trinajstić information content (AvgIpc) is 3.51. The number of morpholine rings is 1. The van der Waals surface area contributed by atoms with Gasteiger partial charge in [-0.2, -0.15) is 0 Å². The Morgan fingerprint density at radius 1 is 1.00 bits per heavy atom. The van der Waals surface area contributed by atoms with E-state index in [0.717, 1.165) is 98.5 Å². The van der Waals surface area contributed by atoms with Crippen molar-refractivity contribution in [2.45, 2.75) is 38.1 Å². The third kappa shape index (κ3) is 4.13. The molecule has 0 radical (unpaired) electrons. The number of fused-ring (bicyclic) bond motifs is 1. The first-order chi connectivity index (χ1) is 17.0. The van der Waals surface area contributed by atoms with Crippen molar-refractivity contribution >= 4 is 28.2 Å². The summed E-state index contributed by atoms with van der Waals surface area (Å²) in [5, 5.41) is 4.07. The topological polar surface area (TPSA) is 77.7 Å². The van der Waals surface area contributed by atoms with E-state index in [-0.39, 0.29) is 17.0 Å². The summed E-state index contributed by atoms with van der Waals surface area (Å²) in [5.74, 6) is -0.0899. The number of aromatic nitrogens is 1. The van der Waals surface area contributed by atoms with Gasteiger partial charge in [-0.15, -0.1) is 0 Å². The number of aryl methyl sites for hydroxylation is 1. The van der Waals surface area contributed by atoms with Gasteiger partial charge in [-0.3, -0.25) is 14.5 Å². The number of aromatic amines is 1. The van der Waals surface area contributed by atoms with E-state index in [4.69, 9.17) is 4.74 Å². The Balaban J connectivity index is 1.35. The van der Waals surface area contributed by atoms with Crippen LogP contribution in [0.5, 0.6) is 0 Å². The largest absolute Gasteiger partial charge is 0.379 e. The van der Waals surface area contributed by atoms with E-state index in [9.17, 15) is 9.59 Å². The number of ether oxygens (including phenoxy) is 1. The third-order valence-corrected chi connectivity index (χ3v) is 7.87. The quantitative estimate of drug-likeness (QED) is 0.587. The van der Waals surface area contributed by atoms with Gasteiger partial charge in [-0.1, -0.05) is 6.07 Å². The van der Waals surface area contributed by atoms with Gasteiger partial charge < -0.3 is 19.9 Å². The van der Waals surface area contributed by atoms with E-state index in [0.29, 0.717) is 0 Å². The monoisotopic (exact) mass is 472 g/mol. The number of pyridine rings is 1. The van der Waals surface area contributed by atoms with Gasteiger partial charge in [0.25, 0.3) is 5.91 Å². The van der Waals surface area contributed by atoms with Crippen LogP contribution in [0.3, 0.4) is 0 Å². The molecule has 6 rings (SSSR count). The molecule has 182 valence electrons. The summed E-state index contributed by atoms with van der Waals surface area (Å²) in [6.45, 7) is 7.30. The van der Waals surface area contributed by atoms with Crippen LogP contribution < -0.4 is 15.8 Å². The number of hydrogen-bond acceptors (Lipinski definition) is 5. The number of rotatable bonds is 5. The molecule has 2 aliphatic heterocycles. The lowest BCUT2D eigenvalue weighted by atomic mass is 9.97. The summed E-state index contributed by atoms with van der Waals surface area (Å²) in [6.07, 6.45) is 4.56. The number of nitrogens with zero attached hydrogens (tertiary/aromatic N) is 2. The van der Waals surface area contributed by atoms with Crippen molar-refractivity contribution in [1.29, 1.82) is 0 Å². The highest BCUT2D eigenvalue weighted by Gasteiger charge is 2.49. The fourth-order valence-electron chi connectivity index (χ4n) is 5.84. The number of hydrogen-bond donors (Lipinski definition) is 2. The van der Waals surface area contributed by atoms with Crippen LogP contribution in [0, 0.1) is 6.92 Å². The van der Waals surface area contributed by atoms with E-state index < -0.39 is 0 Å². The molecule has 3 aromatic rings. The van der Waals surface area contributed by atoms with E-state index in [1.54, 1.807) is 6.07 Å². The predicted octanol–water partition coefficient (Wildman–Crippen LogP) is 4.01. The SMILES string of the molecule is Cc1cc(=O)[nH]c2ccc(NC(=O)c3cc(C4(N5CCOCC5)CC4)ccc3N3CCCC3)cc12. The Bertz CT molecular complexity index is 1330. The Morgan fingerprint density at radius 2 is 1.77 bits per heavy atom. The molecule has 0 atom stereocenters. The van der Waals surface area contributed by atoms with Gasteiger partial charge in [0.05, 0.1) is 18.8 Å². The standard InChI is InChI=1S/C28H32N4O3/c1-19-16-26(33)30-24-6-5-21(18-22(19)24)29-27(34)23-17-20(4-7-25(23)31-10-2-3-11-31)28(8-9-28)32-12-14-35-15-13-32/h4-7,16-18H,2-3,8-15H2,1H3,(H,29,34)(H,30,33). The van der Waals surface area contributed by atoms with Crippen molar-refractivity contribution < 1.29 is 9.53 Å². The Hall–Kier alpha value is -3.16. The van der Waals surface area contributed by atoms with Crippen LogP contribution in [0.4, 0.5) is 11.4 Å². The normalized spacial score (nSPS) is 19.7. The van der Waals surface area contributed by atoms with Gasteiger partial charge in [0.2, 0.25) is 5.56 Å². The van der Waals surface area contributed by atoms with Crippen molar-refractivity contribution in [1.82, 2.24) is 9.88 Å². The molecule has 7 heteroatoms. The Kier molecular flexibility index (Phi) is 5.61. The first-order valence-electron chi connectivity index (χ1n) is 12.7. The number of benzene rings is 2. The molecule has 0 spiro atoms. The summed E-state index contributed by atoms with van der Waals surface area (Å²) in [4.78, 5) is 33.3. The van der Waals surface area contributed by atoms with E-state index in [1.165, 1.54) is 5.56 Å². The number of carbonyl (C=O) groups is 1. The molecule has 7 nitrogen and oxygen atoms in total. The molecule has 0 unspecified atom stereocenters. The minimum absolute atomic E-state index is 0.0360. The van der Waals surface area contributed by atoms with Gasteiger partial charge in [0.15, 0.2) is 0 Å². The summed E-state index contributed by atoms with van der Waals surface area (Å²) in [5.41, 5.74) is 5.30. The van der Waals surface area contributed by atoms with E-state index in [2.05, 4.69) is 38.3 Å². The molecule has 0 bridgehead atoms. The van der Waals surface area contributed by atoms with Gasteiger partial charge in [-0.05, 0) is 74.1 Å². The van der Waals surface area contributed by atoms with Gasteiger partial charge in [0.1, 0.15) is 0 Å². The summed E-state index contributed by atoms with van der Waals surface area (Å²) >= 11 is 0. The molecule has 1 aromatic heterocycles. The average molecular weight is 473 g/mol. The molecular formula is C28H32N4O3. The van der Waals surface area contributed by atoms with Gasteiger partial charge >= 0.3 is 0 Å². The highest BCUT2D eigenvalue weighted by molar-refractivity contribution is 6.09. The number of carbonyl (C=O) groups excluding carboxylic acids is 1. The number of amides is 1. The second kappa shape index (κ2) is 8.81. The fraction of sp³-hybridized carbons (Fsp3) is 0.429. The molecular weight excluding hydrogens is 440 g/mol. The zero-order valence-electron chi connectivity index (χ0n) is 20.2. The highest BCUT2D eigenvalue weighted by atomic mass is 16.5. The highest BCUT2D eigenvalue weighted by Crippen LogP contribution is 2.52. The maximum Gasteiger partial charge on any atom is 0.257 e. The molecule has 3 heterocycles. The Morgan fingerprint density at radius 3 is 2.51 bits per heavy atom. The number of anilines is 2. The van der Waals surface area contributed by atoms with Crippen LogP contribution in [-0.2, 0) is 10.3 Å². The molecule has 2 aromatic carbocycles. The van der Waals surface area contributed by atoms with Crippen molar-refractivity contribution in [2.75, 3.05) is 49.6 Å². The lowest BCUT2D eigenvalue weighted by molar-refractivity contribution is 0.00834. The van der Waals surface area contributed by atoms with Crippen molar-refractivity contribution in [3.05, 3.63) is 69.5 Å². The third-order valence-electron chi connectivity index (χ3n) is 7.87. The van der Waals surface area contributed by atoms with Crippen molar-refractivity contribution in [2.24, 2.45) is 0 Å². The van der Waals surface area contributed by atoms with Crippen LogP contribution in [0.25, 0.3) is 10.9 Å². The van der Waals surface area contributed by atoms with Crippen molar-refractivity contribution in [3.8, 4) is 0 Å². The predicted molar refractivity (Wildman–Crippen MR) is 138 cm³/mol. The smallest absolute Gasteiger partial charge is 0.257 e. The molecule has 35 heavy (non-hydrogen) atoms. The van der Waals surface area contributed by atoms with Crippen LogP contribution in [0.1, 0.15) is 47.2 Å². The van der Waals surface area contributed by atoms with Crippen LogP contribution in [0.15, 0.2) is 47.3 Å². The second-order valence-corrected chi connectivity index (χ2v) is 10.1. The molecule has 3 fully saturated rings. The molecule has 2 N–H and O–H groups in total. The lowest BCUT2D eigenvalue weighted by Gasteiger charge is -2.35. The maximum atomic E-state index is 13.7. The zero-order valence-corrected chi connectivity index (χ0v) is 20.2.